The molecule has 1 saturated carbocycles. The van der Waals surface area contributed by atoms with Crippen LogP contribution in [0, 0.1) is 0 Å². The number of fused-ring (bicyclic) bond motifs is 2. The minimum Gasteiger partial charge on any atom is -0.506 e. The monoisotopic (exact) mass is 778 g/mol. The SMILES string of the molecule is CN(CCCn1c(=O)sc2cc(CNC[C@@H](O)c3ccc(O)c4c3OCC(=O)N4)ccc21)C1CCC(OC(=O)C(O)(c2cccs2)c2cccs2)CC1. The zero-order valence-electron chi connectivity index (χ0n) is 29.2. The highest BCUT2D eigenvalue weighted by Crippen LogP contribution is 2.42. The molecule has 15 heteroatoms. The zero-order chi connectivity index (χ0) is 37.1. The second kappa shape index (κ2) is 16.1. The van der Waals surface area contributed by atoms with Crippen LogP contribution in [0.2, 0.25) is 0 Å². The van der Waals surface area contributed by atoms with Crippen molar-refractivity contribution in [2.24, 2.45) is 0 Å². The number of nitrogens with zero attached hydrogens (tertiary/aromatic N) is 2. The van der Waals surface area contributed by atoms with Crippen molar-refractivity contribution < 1.29 is 34.4 Å². The van der Waals surface area contributed by atoms with Gasteiger partial charge in [-0.25, -0.2) is 4.79 Å². The van der Waals surface area contributed by atoms with Crippen molar-refractivity contribution >= 4 is 61.8 Å². The fourth-order valence-corrected chi connectivity index (χ4v) is 9.82. The summed E-state index contributed by atoms with van der Waals surface area (Å²) < 4.78 is 14.2. The second-order valence-corrected chi connectivity index (χ2v) is 16.4. The number of esters is 1. The van der Waals surface area contributed by atoms with Crippen molar-refractivity contribution in [3.63, 3.8) is 0 Å². The lowest BCUT2D eigenvalue weighted by Gasteiger charge is -2.35. The number of rotatable bonds is 14. The van der Waals surface area contributed by atoms with Gasteiger partial charge in [-0.15, -0.1) is 22.7 Å². The Morgan fingerprint density at radius 1 is 1.09 bits per heavy atom. The van der Waals surface area contributed by atoms with Crippen molar-refractivity contribution in [3.8, 4) is 11.5 Å². The van der Waals surface area contributed by atoms with Crippen LogP contribution >= 0.6 is 34.0 Å². The number of ether oxygens (including phenoxy) is 2. The summed E-state index contributed by atoms with van der Waals surface area (Å²) in [5, 5.41) is 42.0. The summed E-state index contributed by atoms with van der Waals surface area (Å²) in [4.78, 5) is 41.5. The molecular weight excluding hydrogens is 737 g/mol. The number of hydrogen-bond acceptors (Lipinski definition) is 13. The van der Waals surface area contributed by atoms with E-state index in [1.807, 2.05) is 45.7 Å². The largest absolute Gasteiger partial charge is 0.506 e. The molecule has 5 N–H and O–H groups in total. The van der Waals surface area contributed by atoms with Crippen molar-refractivity contribution in [1.82, 2.24) is 14.8 Å². The zero-order valence-corrected chi connectivity index (χ0v) is 31.6. The van der Waals surface area contributed by atoms with Gasteiger partial charge >= 0.3 is 10.8 Å². The third kappa shape index (κ3) is 7.92. The van der Waals surface area contributed by atoms with Gasteiger partial charge < -0.3 is 40.3 Å². The standard InChI is InChI=1S/C38H42N4O8S3/c1-41(24-8-10-25(11-9-24)50-36(46)38(48,31-5-2-17-51-31)32-6-3-18-52-32)15-4-16-42-27-13-7-23(19-30(27)53-37(42)47)20-39-21-29(44)26-12-14-28(43)34-35(26)49-22-33(45)40-34/h2-3,5-7,12-14,17-19,24-25,29,39,43-44,48H,4,8-11,15-16,20-22H2,1H3,(H,40,45)/t24?,25?,29-/m1/s1. The molecule has 2 aliphatic rings. The molecule has 1 aliphatic heterocycles. The van der Waals surface area contributed by atoms with Crippen LogP contribution in [0.3, 0.4) is 0 Å². The second-order valence-electron chi connectivity index (χ2n) is 13.5. The number of anilines is 1. The van der Waals surface area contributed by atoms with Crippen LogP contribution < -0.4 is 20.2 Å². The number of hydrogen-bond donors (Lipinski definition) is 5. The van der Waals surface area contributed by atoms with Gasteiger partial charge in [0.25, 0.3) is 5.91 Å². The number of aromatic hydroxyl groups is 1. The van der Waals surface area contributed by atoms with E-state index in [1.54, 1.807) is 18.2 Å². The lowest BCUT2D eigenvalue weighted by atomic mass is 9.91. The number of aryl methyl sites for hydroxylation is 1. The maximum atomic E-state index is 13.4. The summed E-state index contributed by atoms with van der Waals surface area (Å²) in [6, 6.07) is 16.5. The Kier molecular flexibility index (Phi) is 11.3. The molecule has 280 valence electrons. The number of carbonyl (C=O) groups excluding carboxylic acids is 2. The van der Waals surface area contributed by atoms with Crippen LogP contribution in [-0.2, 0) is 33.0 Å². The highest BCUT2D eigenvalue weighted by molar-refractivity contribution is 7.16. The topological polar surface area (TPSA) is 163 Å². The van der Waals surface area contributed by atoms with E-state index in [1.165, 1.54) is 40.1 Å². The first kappa shape index (κ1) is 37.2. The number of thiazole rings is 1. The lowest BCUT2D eigenvalue weighted by Crippen LogP contribution is -2.42. The molecule has 5 aromatic rings. The van der Waals surface area contributed by atoms with Crippen LogP contribution in [0.15, 0.2) is 70.2 Å². The Labute approximate surface area is 318 Å². The number of benzene rings is 2. The number of carbonyl (C=O) groups is 2. The Bertz CT molecular complexity index is 2070. The van der Waals surface area contributed by atoms with Gasteiger partial charge in [0.2, 0.25) is 5.60 Å². The molecule has 1 amide bonds. The molecule has 7 rings (SSSR count). The van der Waals surface area contributed by atoms with Crippen molar-refractivity contribution in [2.75, 3.05) is 32.1 Å². The molecule has 0 radical (unpaired) electrons. The molecule has 0 unspecified atom stereocenters. The predicted octanol–water partition coefficient (Wildman–Crippen LogP) is 5.16. The summed E-state index contributed by atoms with van der Waals surface area (Å²) in [7, 11) is 2.11. The lowest BCUT2D eigenvalue weighted by molar-refractivity contribution is -0.169. The molecule has 1 aliphatic carbocycles. The quantitative estimate of drug-likeness (QED) is 0.0753. The fourth-order valence-electron chi connectivity index (χ4n) is 7.13. The first-order valence-electron chi connectivity index (χ1n) is 17.6. The number of amides is 1. The minimum absolute atomic E-state index is 0.000223. The normalized spacial score (nSPS) is 18.1. The van der Waals surface area contributed by atoms with E-state index >= 15 is 0 Å². The number of phenolic OH excluding ortho intramolecular Hbond substituents is 1. The van der Waals surface area contributed by atoms with E-state index in [-0.39, 0.29) is 47.2 Å². The van der Waals surface area contributed by atoms with Gasteiger partial charge in [0.1, 0.15) is 17.5 Å². The molecule has 0 spiro atoms. The summed E-state index contributed by atoms with van der Waals surface area (Å²) in [6.45, 7) is 1.90. The number of aromatic nitrogens is 1. The van der Waals surface area contributed by atoms with Gasteiger partial charge in [-0.05, 0) is 98.4 Å². The Morgan fingerprint density at radius 3 is 2.53 bits per heavy atom. The molecule has 2 aromatic carbocycles. The van der Waals surface area contributed by atoms with E-state index < -0.39 is 17.7 Å². The molecule has 1 fully saturated rings. The van der Waals surface area contributed by atoms with E-state index in [9.17, 15) is 29.7 Å². The van der Waals surface area contributed by atoms with E-state index in [0.29, 0.717) is 34.4 Å². The number of phenols is 1. The summed E-state index contributed by atoms with van der Waals surface area (Å²) in [5.41, 5.74) is 0.694. The van der Waals surface area contributed by atoms with Crippen molar-refractivity contribution in [1.29, 1.82) is 0 Å². The van der Waals surface area contributed by atoms with Crippen molar-refractivity contribution in [2.45, 2.75) is 69.0 Å². The molecule has 4 heterocycles. The van der Waals surface area contributed by atoms with Gasteiger partial charge in [0, 0.05) is 31.2 Å². The maximum Gasteiger partial charge on any atom is 0.349 e. The van der Waals surface area contributed by atoms with Crippen LogP contribution in [0.5, 0.6) is 11.5 Å². The molecule has 0 bridgehead atoms. The molecular formula is C38H42N4O8S3. The van der Waals surface area contributed by atoms with Gasteiger partial charge in [-0.1, -0.05) is 29.5 Å². The van der Waals surface area contributed by atoms with E-state index in [4.69, 9.17) is 9.47 Å². The first-order valence-corrected chi connectivity index (χ1v) is 20.2. The third-order valence-electron chi connectivity index (χ3n) is 10.0. The summed E-state index contributed by atoms with van der Waals surface area (Å²) in [5.74, 6) is -0.854. The average Bonchev–Trinajstić information content (AvgIpc) is 3.95. The molecule has 12 nitrogen and oxygen atoms in total. The van der Waals surface area contributed by atoms with Crippen LogP contribution in [0.25, 0.3) is 10.2 Å². The maximum absolute atomic E-state index is 13.4. The first-order chi connectivity index (χ1) is 25.6. The number of aliphatic hydroxyl groups is 2. The Balaban J connectivity index is 0.874. The average molecular weight is 779 g/mol. The van der Waals surface area contributed by atoms with Crippen LogP contribution in [-0.4, -0.2) is 75.6 Å². The van der Waals surface area contributed by atoms with E-state index in [2.05, 4.69) is 22.6 Å². The fraction of sp³-hybridized carbons (Fsp3) is 0.395. The van der Waals surface area contributed by atoms with Crippen LogP contribution in [0.1, 0.15) is 59.1 Å². The third-order valence-corrected chi connectivity index (χ3v) is 12.9. The number of aliphatic hydroxyl groups excluding tert-OH is 1. The molecule has 1 atom stereocenters. The van der Waals surface area contributed by atoms with Gasteiger partial charge in [-0.3, -0.25) is 14.2 Å². The highest BCUT2D eigenvalue weighted by Gasteiger charge is 2.45. The number of nitrogens with one attached hydrogen (secondary N) is 2. The smallest absolute Gasteiger partial charge is 0.349 e. The highest BCUT2D eigenvalue weighted by atomic mass is 32.1. The molecule has 53 heavy (non-hydrogen) atoms. The van der Waals surface area contributed by atoms with E-state index in [0.717, 1.165) is 54.4 Å². The van der Waals surface area contributed by atoms with Gasteiger partial charge in [-0.2, -0.15) is 0 Å². The Hall–Kier alpha value is -4.09. The summed E-state index contributed by atoms with van der Waals surface area (Å²) >= 11 is 3.90. The minimum atomic E-state index is -1.80. The predicted molar refractivity (Wildman–Crippen MR) is 206 cm³/mol. The van der Waals surface area contributed by atoms with Gasteiger partial charge in [0.15, 0.2) is 12.4 Å². The Morgan fingerprint density at radius 2 is 1.83 bits per heavy atom. The molecule has 3 aromatic heterocycles. The number of thiophene rings is 2. The van der Waals surface area contributed by atoms with Gasteiger partial charge in [0.05, 0.1) is 26.1 Å². The molecule has 0 saturated heterocycles. The summed E-state index contributed by atoms with van der Waals surface area (Å²) in [6.07, 6.45) is 2.83. The van der Waals surface area contributed by atoms with Crippen molar-refractivity contribution in [3.05, 3.63) is 95.9 Å². The van der Waals surface area contributed by atoms with Crippen LogP contribution in [0.4, 0.5) is 5.69 Å².